The summed E-state index contributed by atoms with van der Waals surface area (Å²) in [6, 6.07) is 28.8. The standard InChI is InChI=1S/C34H30N4O4/c1-2-19-42-23-38-32-21-27(15-17-29(32)31(37-38)18-16-24-9-6-7-14-30(24)35-22-39)33(40)26-12-8-13-28(20-26)36-34(41)25-10-4-3-5-11-25/h3-18,20-22H,2,19,23H2,1H3,(H,35,39)(H,36,41)/b18-16+. The van der Waals surface area contributed by atoms with Crippen LogP contribution in [-0.4, -0.2) is 34.5 Å². The summed E-state index contributed by atoms with van der Waals surface area (Å²) in [6.45, 7) is 2.85. The Bertz CT molecular complexity index is 1760. The van der Waals surface area contributed by atoms with Gasteiger partial charge in [-0.3, -0.25) is 14.4 Å². The summed E-state index contributed by atoms with van der Waals surface area (Å²) in [5.74, 6) is -0.427. The van der Waals surface area contributed by atoms with E-state index in [-0.39, 0.29) is 18.4 Å². The molecule has 0 saturated carbocycles. The number of hydrogen-bond donors (Lipinski definition) is 2. The first-order valence-electron chi connectivity index (χ1n) is 13.6. The van der Waals surface area contributed by atoms with Crippen LogP contribution in [0.3, 0.4) is 0 Å². The van der Waals surface area contributed by atoms with Gasteiger partial charge < -0.3 is 15.4 Å². The van der Waals surface area contributed by atoms with Crippen LogP contribution in [0.25, 0.3) is 23.1 Å². The summed E-state index contributed by atoms with van der Waals surface area (Å²) in [7, 11) is 0. The van der Waals surface area contributed by atoms with Crippen molar-refractivity contribution in [2.75, 3.05) is 17.2 Å². The van der Waals surface area contributed by atoms with Crippen molar-refractivity contribution in [3.8, 4) is 0 Å². The van der Waals surface area contributed by atoms with Crippen LogP contribution in [0.1, 0.15) is 50.9 Å². The number of fused-ring (bicyclic) bond motifs is 1. The Morgan fingerprint density at radius 1 is 0.857 bits per heavy atom. The Morgan fingerprint density at radius 3 is 2.43 bits per heavy atom. The molecule has 0 bridgehead atoms. The SMILES string of the molecule is CCCOCn1nc(/C=C/c2ccccc2NC=O)c2ccc(C(=O)c3cccc(NC(=O)c4ccccc4)c3)cc21. The molecule has 5 rings (SSSR count). The summed E-state index contributed by atoms with van der Waals surface area (Å²) < 4.78 is 7.52. The van der Waals surface area contributed by atoms with Gasteiger partial charge in [-0.25, -0.2) is 4.68 Å². The molecule has 4 aromatic carbocycles. The van der Waals surface area contributed by atoms with Gasteiger partial charge in [0.25, 0.3) is 5.91 Å². The van der Waals surface area contributed by atoms with E-state index in [1.165, 1.54) is 0 Å². The van der Waals surface area contributed by atoms with Crippen molar-refractivity contribution in [3.63, 3.8) is 0 Å². The number of hydrogen-bond acceptors (Lipinski definition) is 5. The topological polar surface area (TPSA) is 102 Å². The van der Waals surface area contributed by atoms with E-state index in [4.69, 9.17) is 9.84 Å². The number of amides is 2. The van der Waals surface area contributed by atoms with E-state index < -0.39 is 0 Å². The first kappa shape index (κ1) is 28.2. The molecule has 5 aromatic rings. The lowest BCUT2D eigenvalue weighted by atomic mass is 10.0. The fraction of sp³-hybridized carbons (Fsp3) is 0.118. The number of aromatic nitrogens is 2. The maximum absolute atomic E-state index is 13.6. The van der Waals surface area contributed by atoms with Gasteiger partial charge in [-0.05, 0) is 60.5 Å². The van der Waals surface area contributed by atoms with E-state index >= 15 is 0 Å². The van der Waals surface area contributed by atoms with E-state index in [2.05, 4.69) is 10.6 Å². The number of ketones is 1. The highest BCUT2D eigenvalue weighted by Crippen LogP contribution is 2.26. The highest BCUT2D eigenvalue weighted by molar-refractivity contribution is 6.12. The Balaban J connectivity index is 1.44. The molecular formula is C34H30N4O4. The second-order valence-corrected chi connectivity index (χ2v) is 9.57. The summed E-state index contributed by atoms with van der Waals surface area (Å²) in [5, 5.41) is 11.2. The Hall–Kier alpha value is -5.34. The molecular weight excluding hydrogens is 528 g/mol. The molecule has 2 amide bonds. The molecule has 0 fully saturated rings. The average Bonchev–Trinajstić information content (AvgIpc) is 3.37. The summed E-state index contributed by atoms with van der Waals surface area (Å²) in [5.41, 5.74) is 4.99. The van der Waals surface area contributed by atoms with E-state index in [9.17, 15) is 14.4 Å². The number of para-hydroxylation sites is 1. The molecule has 0 aliphatic carbocycles. The van der Waals surface area contributed by atoms with Crippen LogP contribution >= 0.6 is 0 Å². The van der Waals surface area contributed by atoms with E-state index in [1.54, 1.807) is 59.3 Å². The predicted molar refractivity (Wildman–Crippen MR) is 165 cm³/mol. The molecule has 8 nitrogen and oxygen atoms in total. The summed E-state index contributed by atoms with van der Waals surface area (Å²) in [4.78, 5) is 37.2. The third-order valence-electron chi connectivity index (χ3n) is 6.62. The molecule has 0 radical (unpaired) electrons. The second kappa shape index (κ2) is 13.3. The van der Waals surface area contributed by atoms with Gasteiger partial charge in [0, 0.05) is 40.1 Å². The Kier molecular flexibility index (Phi) is 8.96. The summed E-state index contributed by atoms with van der Waals surface area (Å²) in [6.07, 6.45) is 5.28. The quantitative estimate of drug-likeness (QED) is 0.102. The largest absolute Gasteiger partial charge is 0.359 e. The van der Waals surface area contributed by atoms with Gasteiger partial charge in [-0.1, -0.05) is 67.6 Å². The highest BCUT2D eigenvalue weighted by atomic mass is 16.5. The molecule has 1 aromatic heterocycles. The molecule has 0 spiro atoms. The zero-order chi connectivity index (χ0) is 29.3. The number of nitrogens with one attached hydrogen (secondary N) is 2. The summed E-state index contributed by atoms with van der Waals surface area (Å²) >= 11 is 0. The van der Waals surface area contributed by atoms with Crippen molar-refractivity contribution in [1.82, 2.24) is 9.78 Å². The number of rotatable bonds is 12. The van der Waals surface area contributed by atoms with Crippen LogP contribution in [0.15, 0.2) is 97.1 Å². The smallest absolute Gasteiger partial charge is 0.255 e. The van der Waals surface area contributed by atoms with E-state index in [0.29, 0.717) is 46.8 Å². The van der Waals surface area contributed by atoms with E-state index in [1.807, 2.05) is 61.5 Å². The van der Waals surface area contributed by atoms with Crippen molar-refractivity contribution < 1.29 is 19.1 Å². The van der Waals surface area contributed by atoms with Crippen LogP contribution in [0.4, 0.5) is 11.4 Å². The fourth-order valence-corrected chi connectivity index (χ4v) is 4.56. The van der Waals surface area contributed by atoms with Crippen LogP contribution in [0.2, 0.25) is 0 Å². The molecule has 0 atom stereocenters. The fourth-order valence-electron chi connectivity index (χ4n) is 4.56. The molecule has 42 heavy (non-hydrogen) atoms. The first-order valence-corrected chi connectivity index (χ1v) is 13.6. The van der Waals surface area contributed by atoms with Gasteiger partial charge in [0.1, 0.15) is 6.73 Å². The van der Waals surface area contributed by atoms with Crippen LogP contribution in [-0.2, 0) is 16.3 Å². The van der Waals surface area contributed by atoms with Gasteiger partial charge in [0.05, 0.1) is 11.2 Å². The molecule has 0 aliphatic heterocycles. The van der Waals surface area contributed by atoms with Gasteiger partial charge in [-0.2, -0.15) is 5.10 Å². The monoisotopic (exact) mass is 558 g/mol. The van der Waals surface area contributed by atoms with Crippen LogP contribution < -0.4 is 10.6 Å². The Labute approximate surface area is 243 Å². The van der Waals surface area contributed by atoms with Crippen molar-refractivity contribution in [2.45, 2.75) is 20.1 Å². The molecule has 210 valence electrons. The van der Waals surface area contributed by atoms with E-state index in [0.717, 1.165) is 22.9 Å². The van der Waals surface area contributed by atoms with Crippen LogP contribution in [0, 0.1) is 0 Å². The Morgan fingerprint density at radius 2 is 1.62 bits per heavy atom. The van der Waals surface area contributed by atoms with Crippen molar-refractivity contribution >= 4 is 52.5 Å². The second-order valence-electron chi connectivity index (χ2n) is 9.57. The number of benzene rings is 4. The maximum atomic E-state index is 13.6. The predicted octanol–water partition coefficient (Wildman–Crippen LogP) is 6.64. The zero-order valence-electron chi connectivity index (χ0n) is 23.1. The van der Waals surface area contributed by atoms with Gasteiger partial charge in [-0.15, -0.1) is 0 Å². The minimum absolute atomic E-state index is 0.180. The zero-order valence-corrected chi connectivity index (χ0v) is 23.1. The number of nitrogens with zero attached hydrogens (tertiary/aromatic N) is 2. The number of carbonyl (C=O) groups excluding carboxylic acids is 3. The molecule has 0 unspecified atom stereocenters. The molecule has 2 N–H and O–H groups in total. The number of anilines is 2. The average molecular weight is 559 g/mol. The lowest BCUT2D eigenvalue weighted by Gasteiger charge is -2.08. The normalized spacial score (nSPS) is 11.1. The highest BCUT2D eigenvalue weighted by Gasteiger charge is 2.16. The maximum Gasteiger partial charge on any atom is 0.255 e. The first-order chi connectivity index (χ1) is 20.6. The molecule has 0 aliphatic rings. The van der Waals surface area contributed by atoms with Crippen LogP contribution in [0.5, 0.6) is 0 Å². The number of carbonyl (C=O) groups is 3. The lowest BCUT2D eigenvalue weighted by Crippen LogP contribution is -2.12. The third kappa shape index (κ3) is 6.51. The van der Waals surface area contributed by atoms with Crippen molar-refractivity contribution in [1.29, 1.82) is 0 Å². The van der Waals surface area contributed by atoms with Gasteiger partial charge in [0.2, 0.25) is 6.41 Å². The molecule has 8 heteroatoms. The molecule has 0 saturated heterocycles. The third-order valence-corrected chi connectivity index (χ3v) is 6.62. The molecule has 1 heterocycles. The van der Waals surface area contributed by atoms with Crippen molar-refractivity contribution in [3.05, 3.63) is 125 Å². The van der Waals surface area contributed by atoms with Crippen molar-refractivity contribution in [2.24, 2.45) is 0 Å². The van der Waals surface area contributed by atoms with Gasteiger partial charge >= 0.3 is 0 Å². The number of ether oxygens (including phenoxy) is 1. The minimum atomic E-state index is -0.247. The lowest BCUT2D eigenvalue weighted by molar-refractivity contribution is -0.105. The minimum Gasteiger partial charge on any atom is -0.359 e. The van der Waals surface area contributed by atoms with Gasteiger partial charge in [0.15, 0.2) is 5.78 Å².